The molecular weight excluding hydrogens is 685 g/mol. The highest BCUT2D eigenvalue weighted by Crippen LogP contribution is 2.33. The molecule has 0 aliphatic rings. The van der Waals surface area contributed by atoms with Gasteiger partial charge in [0.05, 0.1) is 18.0 Å². The first-order valence-corrected chi connectivity index (χ1v) is 18.3. The molecule has 9 rings (SSSR count). The number of hydrogen-bond donors (Lipinski definition) is 0. The third-order valence-corrected chi connectivity index (χ3v) is 9.61. The van der Waals surface area contributed by atoms with E-state index >= 15 is 0 Å². The van der Waals surface area contributed by atoms with Crippen LogP contribution in [0.4, 0.5) is 5.69 Å². The van der Waals surface area contributed by atoms with Gasteiger partial charge in [-0.1, -0.05) is 182 Å². The van der Waals surface area contributed by atoms with Gasteiger partial charge in [-0.2, -0.15) is 0 Å². The number of rotatable bonds is 8. The molecule has 262 valence electrons. The molecule has 0 fully saturated rings. The van der Waals surface area contributed by atoms with Crippen LogP contribution in [0.2, 0.25) is 0 Å². The molecule has 9 aromatic rings. The lowest BCUT2D eigenvalue weighted by Crippen LogP contribution is -2.00. The van der Waals surface area contributed by atoms with Gasteiger partial charge in [0, 0.05) is 33.4 Å². The second kappa shape index (κ2) is 15.2. The number of aromatic nitrogens is 5. The summed E-state index contributed by atoms with van der Waals surface area (Å²) in [5.41, 5.74) is 12.0. The van der Waals surface area contributed by atoms with Crippen LogP contribution in [-0.4, -0.2) is 24.9 Å². The van der Waals surface area contributed by atoms with Crippen LogP contribution in [0.3, 0.4) is 0 Å². The van der Waals surface area contributed by atoms with Gasteiger partial charge in [0.25, 0.3) is 0 Å². The Balaban J connectivity index is 1.04. The molecule has 0 amide bonds. The lowest BCUT2D eigenvalue weighted by molar-refractivity contribution is 1.07. The fourth-order valence-electron chi connectivity index (χ4n) is 6.70. The maximum Gasteiger partial charge on any atom is 0.198 e. The lowest BCUT2D eigenvalue weighted by atomic mass is 10.00. The van der Waals surface area contributed by atoms with Gasteiger partial charge < -0.3 is 0 Å². The van der Waals surface area contributed by atoms with Crippen LogP contribution in [0.5, 0.6) is 0 Å². The van der Waals surface area contributed by atoms with Crippen LogP contribution in [0, 0.1) is 6.57 Å². The molecule has 0 aliphatic heterocycles. The fourth-order valence-corrected chi connectivity index (χ4v) is 6.70. The number of nitrogens with zero attached hydrogens (tertiary/aromatic N) is 6. The predicted octanol–water partition coefficient (Wildman–Crippen LogP) is 12.5. The number of para-hydroxylation sites is 1. The summed E-state index contributed by atoms with van der Waals surface area (Å²) in [4.78, 5) is 28.4. The summed E-state index contributed by atoms with van der Waals surface area (Å²) >= 11 is 0. The van der Waals surface area contributed by atoms with E-state index < -0.39 is 0 Å². The Bertz CT molecular complexity index is 2830. The van der Waals surface area contributed by atoms with E-state index in [0.29, 0.717) is 34.5 Å². The van der Waals surface area contributed by atoms with Crippen LogP contribution in [-0.2, 0) is 0 Å². The summed E-state index contributed by atoms with van der Waals surface area (Å²) < 4.78 is 0. The number of hydrogen-bond acceptors (Lipinski definition) is 5. The average Bonchev–Trinajstić information content (AvgIpc) is 3.29. The minimum Gasteiger partial charge on any atom is -0.237 e. The molecule has 0 saturated heterocycles. The molecule has 6 heteroatoms. The van der Waals surface area contributed by atoms with Crippen molar-refractivity contribution in [3.63, 3.8) is 0 Å². The maximum atomic E-state index is 7.71. The second-order valence-electron chi connectivity index (χ2n) is 13.2. The lowest BCUT2D eigenvalue weighted by Gasteiger charge is -2.11. The minimum atomic E-state index is 0.464. The van der Waals surface area contributed by atoms with Crippen LogP contribution < -0.4 is 0 Å². The zero-order valence-electron chi connectivity index (χ0n) is 30.2. The average molecular weight is 717 g/mol. The third-order valence-electron chi connectivity index (χ3n) is 9.61. The zero-order valence-corrected chi connectivity index (χ0v) is 30.2. The van der Waals surface area contributed by atoms with Gasteiger partial charge in [-0.3, -0.25) is 0 Å². The quantitative estimate of drug-likeness (QED) is 0.146. The Morgan fingerprint density at radius 1 is 0.286 bits per heavy atom. The van der Waals surface area contributed by atoms with Crippen molar-refractivity contribution in [1.82, 2.24) is 24.9 Å². The predicted molar refractivity (Wildman–Crippen MR) is 225 cm³/mol. The SMILES string of the molecule is [C-]#[N+]c1ccccc1-c1nc(-c2ccccc2)nc(-c2ccc(-c3ccc(-c4nc(-c5ccccc5)cc(-c5cccc(-c6ccccc6)c5)n4)cc3)cc2)n1. The first-order valence-electron chi connectivity index (χ1n) is 18.3. The van der Waals surface area contributed by atoms with Gasteiger partial charge in [-0.05, 0) is 34.4 Å². The summed E-state index contributed by atoms with van der Waals surface area (Å²) in [6.07, 6.45) is 0. The van der Waals surface area contributed by atoms with Crippen molar-refractivity contribution in [1.29, 1.82) is 0 Å². The van der Waals surface area contributed by atoms with Gasteiger partial charge in [-0.15, -0.1) is 0 Å². The summed E-state index contributed by atoms with van der Waals surface area (Å²) in [6.45, 7) is 7.71. The van der Waals surface area contributed by atoms with Gasteiger partial charge in [0.15, 0.2) is 29.0 Å². The van der Waals surface area contributed by atoms with Crippen molar-refractivity contribution >= 4 is 5.69 Å². The molecule has 0 N–H and O–H groups in total. The van der Waals surface area contributed by atoms with Crippen molar-refractivity contribution in [2.75, 3.05) is 0 Å². The Kier molecular flexibility index (Phi) is 9.23. The highest BCUT2D eigenvalue weighted by molar-refractivity contribution is 5.79. The van der Waals surface area contributed by atoms with E-state index in [2.05, 4.69) is 108 Å². The van der Waals surface area contributed by atoms with Crippen molar-refractivity contribution < 1.29 is 0 Å². The van der Waals surface area contributed by atoms with Crippen molar-refractivity contribution in [2.24, 2.45) is 0 Å². The highest BCUT2D eigenvalue weighted by atomic mass is 15.0. The molecule has 2 aromatic heterocycles. The van der Waals surface area contributed by atoms with Crippen LogP contribution in [0.15, 0.2) is 194 Å². The number of benzene rings is 7. The fraction of sp³-hybridized carbons (Fsp3) is 0. The van der Waals surface area contributed by atoms with E-state index in [1.54, 1.807) is 6.07 Å². The van der Waals surface area contributed by atoms with Gasteiger partial charge in [0.1, 0.15) is 0 Å². The Labute approximate surface area is 325 Å². The molecule has 0 spiro atoms. The van der Waals surface area contributed by atoms with E-state index in [1.165, 1.54) is 0 Å². The topological polar surface area (TPSA) is 68.8 Å². The molecule has 0 radical (unpaired) electrons. The Hall–Kier alpha value is -7.88. The van der Waals surface area contributed by atoms with E-state index in [0.717, 1.165) is 61.5 Å². The smallest absolute Gasteiger partial charge is 0.198 e. The summed E-state index contributed by atoms with van der Waals surface area (Å²) in [5, 5.41) is 0. The standard InChI is InChI=1S/C50H32N6/c1-51-44-23-12-11-22-43(44)50-55-48(38-18-9-4-10-19-38)54-49(56-50)40-30-26-36(27-31-40)35-24-28-39(29-25-35)47-52-45(37-16-7-3-8-17-37)33-46(53-47)42-21-13-20-41(32-42)34-14-5-2-6-15-34/h2-33H. The maximum absolute atomic E-state index is 7.71. The van der Waals surface area contributed by atoms with E-state index in [1.807, 2.05) is 84.9 Å². The first-order chi connectivity index (χ1) is 27.7. The molecule has 0 saturated carbocycles. The zero-order chi connectivity index (χ0) is 37.7. The molecule has 0 bridgehead atoms. The minimum absolute atomic E-state index is 0.464. The molecule has 0 aliphatic carbocycles. The van der Waals surface area contributed by atoms with E-state index in [-0.39, 0.29) is 0 Å². The highest BCUT2D eigenvalue weighted by Gasteiger charge is 2.16. The van der Waals surface area contributed by atoms with Gasteiger partial charge >= 0.3 is 0 Å². The molecular formula is C50H32N6. The molecule has 6 nitrogen and oxygen atoms in total. The van der Waals surface area contributed by atoms with Gasteiger partial charge in [0.2, 0.25) is 0 Å². The third kappa shape index (κ3) is 7.08. The Morgan fingerprint density at radius 2 is 0.679 bits per heavy atom. The summed E-state index contributed by atoms with van der Waals surface area (Å²) in [5.74, 6) is 2.21. The van der Waals surface area contributed by atoms with Crippen LogP contribution in [0.25, 0.3) is 95.2 Å². The second-order valence-corrected chi connectivity index (χ2v) is 13.2. The van der Waals surface area contributed by atoms with E-state index in [4.69, 9.17) is 31.5 Å². The monoisotopic (exact) mass is 716 g/mol. The van der Waals surface area contributed by atoms with Crippen LogP contribution >= 0.6 is 0 Å². The van der Waals surface area contributed by atoms with Crippen molar-refractivity contribution in [3.05, 3.63) is 206 Å². The normalized spacial score (nSPS) is 10.8. The molecule has 7 aromatic carbocycles. The molecule has 0 unspecified atom stereocenters. The molecule has 56 heavy (non-hydrogen) atoms. The Morgan fingerprint density at radius 3 is 1.27 bits per heavy atom. The first kappa shape index (κ1) is 33.9. The van der Waals surface area contributed by atoms with Crippen molar-refractivity contribution in [2.45, 2.75) is 0 Å². The molecule has 2 heterocycles. The molecule has 0 atom stereocenters. The van der Waals surface area contributed by atoms with Gasteiger partial charge in [-0.25, -0.2) is 29.8 Å². The van der Waals surface area contributed by atoms with E-state index in [9.17, 15) is 0 Å². The summed E-state index contributed by atoms with van der Waals surface area (Å²) in [7, 11) is 0. The largest absolute Gasteiger partial charge is 0.237 e. The summed E-state index contributed by atoms with van der Waals surface area (Å²) in [6, 6.07) is 65.0. The van der Waals surface area contributed by atoms with Crippen LogP contribution in [0.1, 0.15) is 0 Å². The van der Waals surface area contributed by atoms with Crippen molar-refractivity contribution in [3.8, 4) is 90.3 Å².